The molecule has 0 bridgehead atoms. The minimum absolute atomic E-state index is 0.487. The molecule has 0 aliphatic heterocycles. The van der Waals surface area contributed by atoms with Gasteiger partial charge in [0.2, 0.25) is 0 Å². The van der Waals surface area contributed by atoms with Crippen molar-refractivity contribution < 1.29 is 0 Å². The van der Waals surface area contributed by atoms with Gasteiger partial charge in [0.15, 0.2) is 0 Å². The Labute approximate surface area is 117 Å². The molecule has 102 valence electrons. The lowest BCUT2D eigenvalue weighted by Crippen LogP contribution is -2.37. The summed E-state index contributed by atoms with van der Waals surface area (Å²) in [5, 5.41) is 9.30. The molecule has 1 aromatic rings. The number of anilines is 1. The monoisotopic (exact) mass is 256 g/mol. The number of nitrogens with zero attached hydrogens (tertiary/aromatic N) is 2. The quantitative estimate of drug-likeness (QED) is 0.790. The van der Waals surface area contributed by atoms with E-state index in [4.69, 9.17) is 0 Å². The van der Waals surface area contributed by atoms with Gasteiger partial charge in [0.25, 0.3) is 0 Å². The summed E-state index contributed by atoms with van der Waals surface area (Å²) in [5.41, 5.74) is 3.61. The Bertz CT molecular complexity index is 486. The van der Waals surface area contributed by atoms with Crippen LogP contribution in [0.3, 0.4) is 0 Å². The van der Waals surface area contributed by atoms with Crippen LogP contribution in [0.15, 0.2) is 18.2 Å². The molecule has 19 heavy (non-hydrogen) atoms. The third kappa shape index (κ3) is 2.92. The van der Waals surface area contributed by atoms with Gasteiger partial charge in [0.05, 0.1) is 11.3 Å². The lowest BCUT2D eigenvalue weighted by Gasteiger charge is -2.40. The number of hydrogen-bond donors (Lipinski definition) is 0. The van der Waals surface area contributed by atoms with Gasteiger partial charge < -0.3 is 4.90 Å². The Morgan fingerprint density at radius 3 is 2.47 bits per heavy atom. The van der Waals surface area contributed by atoms with E-state index in [1.807, 2.05) is 12.1 Å². The second kappa shape index (κ2) is 5.25. The molecule has 0 saturated heterocycles. The van der Waals surface area contributed by atoms with E-state index in [2.05, 4.69) is 44.9 Å². The van der Waals surface area contributed by atoms with Crippen molar-refractivity contribution in [2.75, 3.05) is 11.9 Å². The average Bonchev–Trinajstić information content (AvgIpc) is 2.37. The topological polar surface area (TPSA) is 27.0 Å². The van der Waals surface area contributed by atoms with Gasteiger partial charge in [0.1, 0.15) is 6.07 Å². The Morgan fingerprint density at radius 2 is 1.89 bits per heavy atom. The highest BCUT2D eigenvalue weighted by molar-refractivity contribution is 5.64. The second-order valence-corrected chi connectivity index (χ2v) is 6.59. The first-order valence-corrected chi connectivity index (χ1v) is 7.17. The molecule has 2 rings (SSSR count). The molecule has 1 saturated carbocycles. The molecular formula is C17H24N2. The first-order chi connectivity index (χ1) is 8.94. The maximum atomic E-state index is 9.30. The Balaban J connectivity index is 2.22. The minimum Gasteiger partial charge on any atom is -0.370 e. The van der Waals surface area contributed by atoms with Crippen LogP contribution in [-0.2, 0) is 0 Å². The predicted molar refractivity (Wildman–Crippen MR) is 80.3 cm³/mol. The molecule has 0 radical (unpaired) electrons. The molecule has 0 spiro atoms. The highest BCUT2D eigenvalue weighted by atomic mass is 15.1. The molecule has 0 amide bonds. The second-order valence-electron chi connectivity index (χ2n) is 6.59. The molecule has 0 unspecified atom stereocenters. The van der Waals surface area contributed by atoms with Gasteiger partial charge in [-0.25, -0.2) is 0 Å². The molecule has 0 heterocycles. The van der Waals surface area contributed by atoms with Crippen molar-refractivity contribution in [1.29, 1.82) is 5.26 Å². The number of hydrogen-bond acceptors (Lipinski definition) is 2. The largest absolute Gasteiger partial charge is 0.370 e. The van der Waals surface area contributed by atoms with Crippen LogP contribution in [-0.4, -0.2) is 13.1 Å². The van der Waals surface area contributed by atoms with Gasteiger partial charge in [-0.3, -0.25) is 0 Å². The van der Waals surface area contributed by atoms with Gasteiger partial charge >= 0.3 is 0 Å². The minimum atomic E-state index is 0.487. The van der Waals surface area contributed by atoms with Crippen LogP contribution >= 0.6 is 0 Å². The normalized spacial score (nSPS) is 18.9. The summed E-state index contributed by atoms with van der Waals surface area (Å²) in [6, 6.07) is 8.89. The van der Waals surface area contributed by atoms with E-state index in [-0.39, 0.29) is 0 Å². The number of nitriles is 1. The highest BCUT2D eigenvalue weighted by Gasteiger charge is 2.29. The smallest absolute Gasteiger partial charge is 0.101 e. The molecule has 1 aliphatic rings. The van der Waals surface area contributed by atoms with Crippen molar-refractivity contribution in [2.45, 2.75) is 52.5 Å². The zero-order valence-corrected chi connectivity index (χ0v) is 12.5. The van der Waals surface area contributed by atoms with Crippen molar-refractivity contribution in [3.63, 3.8) is 0 Å². The van der Waals surface area contributed by atoms with E-state index in [1.54, 1.807) is 0 Å². The first-order valence-electron chi connectivity index (χ1n) is 7.17. The molecule has 0 N–H and O–H groups in total. The van der Waals surface area contributed by atoms with E-state index >= 15 is 0 Å². The molecule has 1 fully saturated rings. The van der Waals surface area contributed by atoms with Gasteiger partial charge in [-0.2, -0.15) is 5.26 Å². The van der Waals surface area contributed by atoms with E-state index < -0.39 is 0 Å². The third-order valence-corrected chi connectivity index (χ3v) is 4.57. The number of rotatable bonds is 2. The van der Waals surface area contributed by atoms with Crippen LogP contribution in [0.2, 0.25) is 0 Å². The number of para-hydroxylation sites is 1. The summed E-state index contributed by atoms with van der Waals surface area (Å²) < 4.78 is 0. The van der Waals surface area contributed by atoms with Crippen LogP contribution < -0.4 is 4.90 Å². The van der Waals surface area contributed by atoms with Crippen LogP contribution in [0.25, 0.3) is 0 Å². The lowest BCUT2D eigenvalue weighted by atomic mass is 9.75. The van der Waals surface area contributed by atoms with Gasteiger partial charge in [-0.05, 0) is 49.7 Å². The molecular weight excluding hydrogens is 232 g/mol. The first kappa shape index (κ1) is 13.9. The van der Waals surface area contributed by atoms with Gasteiger partial charge in [-0.1, -0.05) is 26.0 Å². The third-order valence-electron chi connectivity index (χ3n) is 4.57. The lowest BCUT2D eigenvalue weighted by molar-refractivity contribution is 0.222. The SMILES string of the molecule is Cc1cccc(C#N)c1N(C)C1CCC(C)(C)CC1. The Hall–Kier alpha value is -1.49. The van der Waals surface area contributed by atoms with Gasteiger partial charge in [0, 0.05) is 13.1 Å². The van der Waals surface area contributed by atoms with Crippen molar-refractivity contribution >= 4 is 5.69 Å². The van der Waals surface area contributed by atoms with E-state index in [0.717, 1.165) is 11.3 Å². The number of benzene rings is 1. The van der Waals surface area contributed by atoms with E-state index in [1.165, 1.54) is 31.2 Å². The van der Waals surface area contributed by atoms with Crippen LogP contribution in [0, 0.1) is 23.7 Å². The zero-order chi connectivity index (χ0) is 14.0. The summed E-state index contributed by atoms with van der Waals surface area (Å²) in [5.74, 6) is 0. The van der Waals surface area contributed by atoms with Crippen molar-refractivity contribution in [1.82, 2.24) is 0 Å². The zero-order valence-electron chi connectivity index (χ0n) is 12.5. The van der Waals surface area contributed by atoms with Crippen LogP contribution in [0.1, 0.15) is 50.7 Å². The summed E-state index contributed by atoms with van der Waals surface area (Å²) in [7, 11) is 2.14. The Kier molecular flexibility index (Phi) is 3.85. The average molecular weight is 256 g/mol. The summed E-state index contributed by atoms with van der Waals surface area (Å²) in [6.45, 7) is 6.81. The van der Waals surface area contributed by atoms with Crippen LogP contribution in [0.5, 0.6) is 0 Å². The van der Waals surface area contributed by atoms with Crippen LogP contribution in [0.4, 0.5) is 5.69 Å². The molecule has 0 atom stereocenters. The van der Waals surface area contributed by atoms with E-state index in [9.17, 15) is 5.26 Å². The fourth-order valence-electron chi connectivity index (χ4n) is 3.17. The van der Waals surface area contributed by atoms with Crippen molar-refractivity contribution in [3.05, 3.63) is 29.3 Å². The fourth-order valence-corrected chi connectivity index (χ4v) is 3.17. The Morgan fingerprint density at radius 1 is 1.26 bits per heavy atom. The maximum Gasteiger partial charge on any atom is 0.101 e. The predicted octanol–water partition coefficient (Wildman–Crippen LogP) is 4.27. The summed E-state index contributed by atoms with van der Waals surface area (Å²) in [6.07, 6.45) is 5.00. The van der Waals surface area contributed by atoms with Crippen molar-refractivity contribution in [3.8, 4) is 6.07 Å². The summed E-state index contributed by atoms with van der Waals surface area (Å²) in [4.78, 5) is 2.34. The maximum absolute atomic E-state index is 9.30. The molecule has 1 aromatic carbocycles. The number of aryl methyl sites for hydroxylation is 1. The molecule has 2 nitrogen and oxygen atoms in total. The van der Waals surface area contributed by atoms with Crippen molar-refractivity contribution in [2.24, 2.45) is 5.41 Å². The van der Waals surface area contributed by atoms with E-state index in [0.29, 0.717) is 11.5 Å². The highest BCUT2D eigenvalue weighted by Crippen LogP contribution is 2.38. The molecule has 0 aromatic heterocycles. The standard InChI is InChI=1S/C17H24N2/c1-13-6-5-7-14(12-18)16(13)19(4)15-8-10-17(2,3)11-9-15/h5-7,15H,8-11H2,1-4H3. The molecule has 1 aliphatic carbocycles. The molecule has 2 heteroatoms. The van der Waals surface area contributed by atoms with Gasteiger partial charge in [-0.15, -0.1) is 0 Å². The summed E-state index contributed by atoms with van der Waals surface area (Å²) >= 11 is 0. The fraction of sp³-hybridized carbons (Fsp3) is 0.588.